The fraction of sp³-hybridized carbons (Fsp3) is 0.800. The zero-order valence-corrected chi connectivity index (χ0v) is 10.1. The smallest absolute Gasteiger partial charge is 0.429 e. The standard InChI is InChI=1S/C10H18N2O5/c1-3-16-9(14)11-6-5-8(13)7-12(11)10(15)17-4-2/h8,13H,3-7H2,1-2H3. The highest BCUT2D eigenvalue weighted by atomic mass is 16.6. The molecule has 1 unspecified atom stereocenters. The van der Waals surface area contributed by atoms with Gasteiger partial charge in [-0.25, -0.2) is 19.6 Å². The fourth-order valence-electron chi connectivity index (χ4n) is 1.54. The molecule has 0 bridgehead atoms. The average Bonchev–Trinajstić information content (AvgIpc) is 2.29. The summed E-state index contributed by atoms with van der Waals surface area (Å²) in [5, 5.41) is 11.7. The molecule has 1 rings (SSSR count). The minimum absolute atomic E-state index is 0.0393. The van der Waals surface area contributed by atoms with Gasteiger partial charge in [0.15, 0.2) is 0 Å². The number of aliphatic hydroxyl groups is 1. The summed E-state index contributed by atoms with van der Waals surface area (Å²) in [5.74, 6) is 0. The van der Waals surface area contributed by atoms with Crippen molar-refractivity contribution in [3.63, 3.8) is 0 Å². The average molecular weight is 246 g/mol. The van der Waals surface area contributed by atoms with Gasteiger partial charge in [0.05, 0.1) is 25.9 Å². The molecule has 98 valence electrons. The van der Waals surface area contributed by atoms with Gasteiger partial charge < -0.3 is 14.6 Å². The first kappa shape index (κ1) is 13.6. The van der Waals surface area contributed by atoms with Crippen molar-refractivity contribution in [2.75, 3.05) is 26.3 Å². The maximum atomic E-state index is 11.6. The van der Waals surface area contributed by atoms with Crippen molar-refractivity contribution in [2.24, 2.45) is 0 Å². The molecule has 1 aliphatic heterocycles. The van der Waals surface area contributed by atoms with Crippen LogP contribution in [-0.4, -0.2) is 59.7 Å². The first-order chi connectivity index (χ1) is 8.10. The molecular formula is C10H18N2O5. The van der Waals surface area contributed by atoms with Crippen molar-refractivity contribution in [1.29, 1.82) is 0 Å². The van der Waals surface area contributed by atoms with Crippen molar-refractivity contribution >= 4 is 12.2 Å². The Labute approximate surface area is 99.9 Å². The van der Waals surface area contributed by atoms with E-state index in [1.165, 1.54) is 0 Å². The molecule has 0 aliphatic carbocycles. The van der Waals surface area contributed by atoms with E-state index in [0.717, 1.165) is 10.0 Å². The normalized spacial score (nSPS) is 20.1. The maximum absolute atomic E-state index is 11.6. The van der Waals surface area contributed by atoms with E-state index in [2.05, 4.69) is 0 Å². The molecule has 1 aliphatic rings. The number of hydrogen-bond acceptors (Lipinski definition) is 5. The molecule has 0 aromatic rings. The molecule has 7 nitrogen and oxygen atoms in total. The number of carbonyl (C=O) groups excluding carboxylic acids is 2. The summed E-state index contributed by atoms with van der Waals surface area (Å²) in [6, 6.07) is 0. The van der Waals surface area contributed by atoms with E-state index in [1.54, 1.807) is 13.8 Å². The van der Waals surface area contributed by atoms with Gasteiger partial charge in [0.2, 0.25) is 0 Å². The number of amides is 2. The summed E-state index contributed by atoms with van der Waals surface area (Å²) in [6.07, 6.45) is -1.49. The Hall–Kier alpha value is -1.50. The topological polar surface area (TPSA) is 79.3 Å². The van der Waals surface area contributed by atoms with Crippen LogP contribution < -0.4 is 0 Å². The number of β-amino-alcohol motifs (C(OH)–C–C–N with tert-alkyl or cyclic N) is 1. The van der Waals surface area contributed by atoms with Gasteiger partial charge in [0, 0.05) is 6.54 Å². The molecule has 0 aromatic carbocycles. The molecule has 7 heteroatoms. The Morgan fingerprint density at radius 3 is 2.24 bits per heavy atom. The third kappa shape index (κ3) is 3.48. The number of nitrogens with zero attached hydrogens (tertiary/aromatic N) is 2. The van der Waals surface area contributed by atoms with Crippen molar-refractivity contribution in [1.82, 2.24) is 10.0 Å². The Bertz CT molecular complexity index is 284. The van der Waals surface area contributed by atoms with E-state index >= 15 is 0 Å². The summed E-state index contributed by atoms with van der Waals surface area (Å²) in [4.78, 5) is 23.2. The minimum Gasteiger partial charge on any atom is -0.448 e. The van der Waals surface area contributed by atoms with Crippen LogP contribution >= 0.6 is 0 Å². The van der Waals surface area contributed by atoms with Gasteiger partial charge in [-0.3, -0.25) is 0 Å². The second-order valence-electron chi connectivity index (χ2n) is 3.55. The quantitative estimate of drug-likeness (QED) is 0.771. The van der Waals surface area contributed by atoms with Crippen LogP contribution in [0.4, 0.5) is 9.59 Å². The van der Waals surface area contributed by atoms with E-state index in [-0.39, 0.29) is 26.3 Å². The zero-order valence-electron chi connectivity index (χ0n) is 10.1. The molecular weight excluding hydrogens is 228 g/mol. The Morgan fingerprint density at radius 1 is 1.18 bits per heavy atom. The van der Waals surface area contributed by atoms with Gasteiger partial charge in [0.1, 0.15) is 0 Å². The molecule has 0 saturated carbocycles. The summed E-state index contributed by atoms with van der Waals surface area (Å²) in [7, 11) is 0. The van der Waals surface area contributed by atoms with E-state index in [9.17, 15) is 14.7 Å². The lowest BCUT2D eigenvalue weighted by molar-refractivity contribution is -0.0700. The number of carbonyl (C=O) groups is 2. The maximum Gasteiger partial charge on any atom is 0.429 e. The third-order valence-corrected chi connectivity index (χ3v) is 2.31. The summed E-state index contributed by atoms with van der Waals surface area (Å²) >= 11 is 0. The van der Waals surface area contributed by atoms with Gasteiger partial charge in [-0.2, -0.15) is 0 Å². The minimum atomic E-state index is -0.653. The van der Waals surface area contributed by atoms with Crippen LogP contribution in [0.1, 0.15) is 20.3 Å². The molecule has 17 heavy (non-hydrogen) atoms. The second-order valence-corrected chi connectivity index (χ2v) is 3.55. The molecule has 1 saturated heterocycles. The van der Waals surface area contributed by atoms with Crippen LogP contribution in [0.2, 0.25) is 0 Å². The van der Waals surface area contributed by atoms with Crippen LogP contribution in [-0.2, 0) is 9.47 Å². The van der Waals surface area contributed by atoms with Crippen molar-refractivity contribution in [2.45, 2.75) is 26.4 Å². The van der Waals surface area contributed by atoms with Gasteiger partial charge in [-0.15, -0.1) is 0 Å². The lowest BCUT2D eigenvalue weighted by atomic mass is 10.2. The molecule has 1 fully saturated rings. The van der Waals surface area contributed by atoms with Crippen LogP contribution in [0.3, 0.4) is 0 Å². The number of ether oxygens (including phenoxy) is 2. The Kier molecular flexibility index (Phi) is 5.02. The molecule has 0 aromatic heterocycles. The Morgan fingerprint density at radius 2 is 1.71 bits per heavy atom. The van der Waals surface area contributed by atoms with E-state index in [0.29, 0.717) is 6.42 Å². The van der Waals surface area contributed by atoms with E-state index < -0.39 is 18.3 Å². The lowest BCUT2D eigenvalue weighted by Gasteiger charge is -2.38. The number of rotatable bonds is 2. The predicted molar refractivity (Wildman–Crippen MR) is 58.1 cm³/mol. The second kappa shape index (κ2) is 6.29. The number of aliphatic hydroxyl groups excluding tert-OH is 1. The van der Waals surface area contributed by atoms with Gasteiger partial charge in [-0.05, 0) is 20.3 Å². The summed E-state index contributed by atoms with van der Waals surface area (Å²) in [6.45, 7) is 4.07. The molecule has 0 radical (unpaired) electrons. The van der Waals surface area contributed by atoms with Crippen LogP contribution in [0.25, 0.3) is 0 Å². The van der Waals surface area contributed by atoms with E-state index in [4.69, 9.17) is 9.47 Å². The first-order valence-corrected chi connectivity index (χ1v) is 5.66. The first-order valence-electron chi connectivity index (χ1n) is 5.66. The third-order valence-electron chi connectivity index (χ3n) is 2.31. The van der Waals surface area contributed by atoms with E-state index in [1.807, 2.05) is 0 Å². The van der Waals surface area contributed by atoms with Crippen molar-refractivity contribution in [3.05, 3.63) is 0 Å². The molecule has 1 N–H and O–H groups in total. The number of hydrazine groups is 1. The van der Waals surface area contributed by atoms with Crippen LogP contribution in [0.15, 0.2) is 0 Å². The molecule has 1 atom stereocenters. The predicted octanol–water partition coefficient (Wildman–Crippen LogP) is 0.583. The highest BCUT2D eigenvalue weighted by Crippen LogP contribution is 2.14. The zero-order chi connectivity index (χ0) is 12.8. The fourth-order valence-corrected chi connectivity index (χ4v) is 1.54. The summed E-state index contributed by atoms with van der Waals surface area (Å²) < 4.78 is 9.65. The largest absolute Gasteiger partial charge is 0.448 e. The van der Waals surface area contributed by atoms with Gasteiger partial charge >= 0.3 is 12.2 Å². The van der Waals surface area contributed by atoms with Crippen molar-refractivity contribution in [3.8, 4) is 0 Å². The van der Waals surface area contributed by atoms with Crippen molar-refractivity contribution < 1.29 is 24.2 Å². The summed E-state index contributed by atoms with van der Waals surface area (Å²) in [5.41, 5.74) is 0. The van der Waals surface area contributed by atoms with Gasteiger partial charge in [-0.1, -0.05) is 0 Å². The highest BCUT2D eigenvalue weighted by Gasteiger charge is 2.34. The highest BCUT2D eigenvalue weighted by molar-refractivity contribution is 5.74. The SMILES string of the molecule is CCOC(=O)N1CCC(O)CN1C(=O)OCC. The molecule has 2 amide bonds. The molecule has 1 heterocycles. The monoisotopic (exact) mass is 246 g/mol. The Balaban J connectivity index is 2.70. The lowest BCUT2D eigenvalue weighted by Crippen LogP contribution is -2.57. The van der Waals surface area contributed by atoms with Crippen LogP contribution in [0, 0.1) is 0 Å². The van der Waals surface area contributed by atoms with Gasteiger partial charge in [0.25, 0.3) is 0 Å². The van der Waals surface area contributed by atoms with Crippen LogP contribution in [0.5, 0.6) is 0 Å². The number of hydrogen-bond donors (Lipinski definition) is 1. The molecule has 0 spiro atoms.